The lowest BCUT2D eigenvalue weighted by Gasteiger charge is -2.29. The van der Waals surface area contributed by atoms with E-state index in [1.165, 1.54) is 0 Å². The van der Waals surface area contributed by atoms with Crippen molar-refractivity contribution < 1.29 is 9.90 Å². The van der Waals surface area contributed by atoms with Gasteiger partial charge < -0.3 is 10.4 Å². The van der Waals surface area contributed by atoms with Crippen LogP contribution in [0.25, 0.3) is 0 Å². The van der Waals surface area contributed by atoms with Crippen LogP contribution in [0.3, 0.4) is 0 Å². The number of piperidine rings is 1. The summed E-state index contributed by atoms with van der Waals surface area (Å²) in [6, 6.07) is 5.39. The molecule has 5 heteroatoms. The van der Waals surface area contributed by atoms with Gasteiger partial charge in [-0.15, -0.1) is 0 Å². The van der Waals surface area contributed by atoms with E-state index in [1.54, 1.807) is 18.3 Å². The summed E-state index contributed by atoms with van der Waals surface area (Å²) in [5.41, 5.74) is 1.26. The van der Waals surface area contributed by atoms with Crippen molar-refractivity contribution >= 4 is 5.97 Å². The highest BCUT2D eigenvalue weighted by Crippen LogP contribution is 2.30. The summed E-state index contributed by atoms with van der Waals surface area (Å²) in [4.78, 5) is 15.1. The highest BCUT2D eigenvalue weighted by atomic mass is 16.4. The molecule has 5 nitrogen and oxygen atoms in total. The zero-order chi connectivity index (χ0) is 12.3. The molecule has 2 unspecified atom stereocenters. The van der Waals surface area contributed by atoms with Gasteiger partial charge in [-0.2, -0.15) is 5.26 Å². The second-order valence-corrected chi connectivity index (χ2v) is 4.13. The van der Waals surface area contributed by atoms with Gasteiger partial charge >= 0.3 is 5.97 Å². The van der Waals surface area contributed by atoms with Gasteiger partial charge in [0.25, 0.3) is 0 Å². The van der Waals surface area contributed by atoms with E-state index in [9.17, 15) is 4.79 Å². The summed E-state index contributed by atoms with van der Waals surface area (Å²) in [6.45, 7) is 1.30. The van der Waals surface area contributed by atoms with Crippen LogP contribution in [0.4, 0.5) is 0 Å². The molecule has 17 heavy (non-hydrogen) atoms. The molecule has 0 aliphatic carbocycles. The molecular weight excluding hydrogens is 218 g/mol. The second kappa shape index (κ2) is 4.93. The van der Waals surface area contributed by atoms with Crippen molar-refractivity contribution in [1.82, 2.24) is 10.3 Å². The Kier molecular flexibility index (Phi) is 3.35. The van der Waals surface area contributed by atoms with Crippen LogP contribution in [-0.4, -0.2) is 29.1 Å². The average molecular weight is 231 g/mol. The molecule has 1 saturated heterocycles. The number of hydrogen-bond acceptors (Lipinski definition) is 4. The van der Waals surface area contributed by atoms with Gasteiger partial charge in [-0.1, -0.05) is 6.07 Å². The molecule has 0 spiro atoms. The normalized spacial score (nSPS) is 23.9. The zero-order valence-electron chi connectivity index (χ0n) is 9.26. The number of carbonyl (C=O) groups is 1. The number of carboxylic acids is 1. The minimum Gasteiger partial charge on any atom is -0.481 e. The molecule has 1 aromatic rings. The number of nitrogens with zero attached hydrogens (tertiary/aromatic N) is 2. The Morgan fingerprint density at radius 2 is 2.41 bits per heavy atom. The van der Waals surface area contributed by atoms with E-state index in [1.807, 2.05) is 6.07 Å². The molecule has 2 heterocycles. The summed E-state index contributed by atoms with van der Waals surface area (Å²) < 4.78 is 0. The fourth-order valence-corrected chi connectivity index (χ4v) is 2.21. The Hall–Kier alpha value is -1.93. The van der Waals surface area contributed by atoms with E-state index in [0.29, 0.717) is 12.2 Å². The molecule has 0 saturated carbocycles. The van der Waals surface area contributed by atoms with Gasteiger partial charge in [0.1, 0.15) is 11.8 Å². The number of nitrogens with one attached hydrogen (secondary N) is 1. The molecule has 1 fully saturated rings. The Bertz CT molecular complexity index is 450. The van der Waals surface area contributed by atoms with E-state index < -0.39 is 11.9 Å². The highest BCUT2D eigenvalue weighted by Gasteiger charge is 2.31. The quantitative estimate of drug-likeness (QED) is 0.783. The smallest absolute Gasteiger partial charge is 0.308 e. The fraction of sp³-hybridized carbons (Fsp3) is 0.417. The van der Waals surface area contributed by atoms with E-state index >= 15 is 0 Å². The number of hydrogen-bond donors (Lipinski definition) is 2. The van der Waals surface area contributed by atoms with Crippen molar-refractivity contribution in [2.45, 2.75) is 12.3 Å². The van der Waals surface area contributed by atoms with Crippen molar-refractivity contribution in [3.05, 3.63) is 29.6 Å². The van der Waals surface area contributed by atoms with E-state index in [0.717, 1.165) is 18.5 Å². The highest BCUT2D eigenvalue weighted by molar-refractivity contribution is 5.72. The van der Waals surface area contributed by atoms with Crippen LogP contribution < -0.4 is 5.32 Å². The first-order chi connectivity index (χ1) is 8.22. The molecule has 2 atom stereocenters. The standard InChI is InChI=1S/C12H13N3O2/c13-5-9-2-1-8(6-15-9)10-3-4-14-7-11(10)12(16)17/h1-2,6,10-11,14H,3-4,7H2,(H,16,17). The Morgan fingerprint density at radius 1 is 1.59 bits per heavy atom. The van der Waals surface area contributed by atoms with Crippen LogP contribution in [0.1, 0.15) is 23.6 Å². The number of nitriles is 1. The third kappa shape index (κ3) is 2.43. The lowest BCUT2D eigenvalue weighted by Crippen LogP contribution is -2.39. The van der Waals surface area contributed by atoms with E-state index in [-0.39, 0.29) is 5.92 Å². The van der Waals surface area contributed by atoms with Crippen molar-refractivity contribution in [1.29, 1.82) is 5.26 Å². The largest absolute Gasteiger partial charge is 0.481 e. The Morgan fingerprint density at radius 3 is 3.00 bits per heavy atom. The molecular formula is C12H13N3O2. The van der Waals surface area contributed by atoms with Gasteiger partial charge in [0, 0.05) is 18.7 Å². The maximum atomic E-state index is 11.1. The van der Waals surface area contributed by atoms with Crippen molar-refractivity contribution in [2.75, 3.05) is 13.1 Å². The summed E-state index contributed by atoms with van der Waals surface area (Å²) in [5.74, 6) is -1.22. The topological polar surface area (TPSA) is 86.0 Å². The molecule has 1 aliphatic rings. The molecule has 0 bridgehead atoms. The van der Waals surface area contributed by atoms with Crippen LogP contribution in [0.15, 0.2) is 18.3 Å². The third-order valence-electron chi connectivity index (χ3n) is 3.13. The minimum absolute atomic E-state index is 0.0195. The lowest BCUT2D eigenvalue weighted by atomic mass is 9.82. The summed E-state index contributed by atoms with van der Waals surface area (Å²) in [7, 11) is 0. The minimum atomic E-state index is -0.786. The molecule has 2 N–H and O–H groups in total. The van der Waals surface area contributed by atoms with Gasteiger partial charge in [-0.25, -0.2) is 4.98 Å². The zero-order valence-corrected chi connectivity index (χ0v) is 9.26. The Balaban J connectivity index is 2.24. The molecule has 88 valence electrons. The van der Waals surface area contributed by atoms with Gasteiger partial charge in [-0.3, -0.25) is 4.79 Å². The summed E-state index contributed by atoms with van der Waals surface area (Å²) >= 11 is 0. The first-order valence-corrected chi connectivity index (χ1v) is 5.52. The number of carboxylic acid groups (broad SMARTS) is 1. The van der Waals surface area contributed by atoms with Crippen molar-refractivity contribution in [2.24, 2.45) is 5.92 Å². The molecule has 2 rings (SSSR count). The van der Waals surface area contributed by atoms with Crippen molar-refractivity contribution in [3.8, 4) is 6.07 Å². The maximum Gasteiger partial charge on any atom is 0.308 e. The number of aromatic nitrogens is 1. The van der Waals surface area contributed by atoms with Crippen LogP contribution in [0, 0.1) is 17.2 Å². The van der Waals surface area contributed by atoms with Gasteiger partial charge in [-0.05, 0) is 24.6 Å². The predicted octanol–water partition coefficient (Wildman–Crippen LogP) is 0.731. The SMILES string of the molecule is N#Cc1ccc(C2CCNCC2C(=O)O)cn1. The van der Waals surface area contributed by atoms with Crippen molar-refractivity contribution in [3.63, 3.8) is 0 Å². The van der Waals surface area contributed by atoms with Crippen LogP contribution in [-0.2, 0) is 4.79 Å². The maximum absolute atomic E-state index is 11.1. The average Bonchev–Trinajstić information content (AvgIpc) is 2.39. The number of rotatable bonds is 2. The second-order valence-electron chi connectivity index (χ2n) is 4.13. The van der Waals surface area contributed by atoms with Crippen LogP contribution in [0.5, 0.6) is 0 Å². The van der Waals surface area contributed by atoms with Gasteiger partial charge in [0.15, 0.2) is 0 Å². The fourth-order valence-electron chi connectivity index (χ4n) is 2.21. The van der Waals surface area contributed by atoms with Gasteiger partial charge in [0.05, 0.1) is 5.92 Å². The molecule has 1 aromatic heterocycles. The lowest BCUT2D eigenvalue weighted by molar-refractivity contribution is -0.142. The predicted molar refractivity (Wildman–Crippen MR) is 60.3 cm³/mol. The molecule has 1 aliphatic heterocycles. The van der Waals surface area contributed by atoms with E-state index in [4.69, 9.17) is 10.4 Å². The Labute approximate surface area is 99.1 Å². The molecule has 0 amide bonds. The first-order valence-electron chi connectivity index (χ1n) is 5.52. The van der Waals surface area contributed by atoms with Gasteiger partial charge in [0.2, 0.25) is 0 Å². The van der Waals surface area contributed by atoms with Crippen LogP contribution >= 0.6 is 0 Å². The number of pyridine rings is 1. The first kappa shape index (κ1) is 11.6. The number of aliphatic carboxylic acids is 1. The van der Waals surface area contributed by atoms with Crippen LogP contribution in [0.2, 0.25) is 0 Å². The monoisotopic (exact) mass is 231 g/mol. The van der Waals surface area contributed by atoms with E-state index in [2.05, 4.69) is 10.3 Å². The molecule has 0 radical (unpaired) electrons. The summed E-state index contributed by atoms with van der Waals surface area (Å²) in [5, 5.41) is 20.9. The summed E-state index contributed by atoms with van der Waals surface area (Å²) in [6.07, 6.45) is 2.40. The molecule has 0 aromatic carbocycles. The third-order valence-corrected chi connectivity index (χ3v) is 3.13.